The first-order valence-corrected chi connectivity index (χ1v) is 12.4. The number of aromatic amines is 1. The average molecular weight is 522 g/mol. The topological polar surface area (TPSA) is 133 Å². The van der Waals surface area contributed by atoms with Gasteiger partial charge in [-0.2, -0.15) is 4.68 Å². The second kappa shape index (κ2) is 8.63. The Morgan fingerprint density at radius 2 is 1.95 bits per heavy atom. The number of aryl methyl sites for hydroxylation is 1. The molecule has 0 bridgehead atoms. The molecule has 6 aromatic rings. The van der Waals surface area contributed by atoms with E-state index in [1.54, 1.807) is 23.0 Å². The smallest absolute Gasteiger partial charge is 0.252 e. The molecule has 0 spiro atoms. The molecule has 0 saturated heterocycles. The minimum Gasteiger partial charge on any atom is -0.383 e. The zero-order valence-corrected chi connectivity index (χ0v) is 20.7. The van der Waals surface area contributed by atoms with Crippen molar-refractivity contribution in [1.29, 1.82) is 0 Å². The number of nitrogens with zero attached hydrogens (tertiary/aromatic N) is 7. The van der Waals surface area contributed by atoms with Gasteiger partial charge in [0, 0.05) is 39.5 Å². The average Bonchev–Trinajstić information content (AvgIpc) is 3.69. The van der Waals surface area contributed by atoms with Crippen molar-refractivity contribution in [3.63, 3.8) is 0 Å². The van der Waals surface area contributed by atoms with Gasteiger partial charge in [-0.05, 0) is 70.6 Å². The highest BCUT2D eigenvalue weighted by atomic mass is 35.5. The predicted molar refractivity (Wildman–Crippen MR) is 144 cm³/mol. The third-order valence-corrected chi connectivity index (χ3v) is 7.25. The molecule has 5 heterocycles. The monoisotopic (exact) mass is 521 g/mol. The number of pyridine rings is 2. The molecule has 0 amide bonds. The summed E-state index contributed by atoms with van der Waals surface area (Å²) >= 11 is 6.32. The molecule has 2 aromatic carbocycles. The number of imidazole rings is 1. The van der Waals surface area contributed by atoms with Crippen molar-refractivity contribution in [3.8, 4) is 28.1 Å². The number of nitrogen functional groups attached to an aromatic ring is 1. The Bertz CT molecular complexity index is 1890. The van der Waals surface area contributed by atoms with Gasteiger partial charge in [0.25, 0.3) is 5.56 Å². The Kier molecular flexibility index (Phi) is 5.08. The molecule has 186 valence electrons. The van der Waals surface area contributed by atoms with E-state index in [0.717, 1.165) is 63.2 Å². The van der Waals surface area contributed by atoms with Gasteiger partial charge in [-0.15, -0.1) is 5.10 Å². The molecule has 0 aliphatic carbocycles. The van der Waals surface area contributed by atoms with E-state index >= 15 is 0 Å². The quantitative estimate of drug-likeness (QED) is 0.355. The minimum absolute atomic E-state index is 0.103. The van der Waals surface area contributed by atoms with Gasteiger partial charge in [-0.1, -0.05) is 23.7 Å². The molecule has 3 N–H and O–H groups in total. The lowest BCUT2D eigenvalue weighted by molar-refractivity contribution is 0.572. The summed E-state index contributed by atoms with van der Waals surface area (Å²) < 4.78 is 3.38. The molecule has 1 atom stereocenters. The van der Waals surface area contributed by atoms with E-state index in [1.165, 1.54) is 6.33 Å². The number of hydrogen-bond donors (Lipinski definition) is 2. The van der Waals surface area contributed by atoms with Crippen LogP contribution >= 0.6 is 11.6 Å². The van der Waals surface area contributed by atoms with E-state index in [0.29, 0.717) is 10.8 Å². The van der Waals surface area contributed by atoms with Crippen molar-refractivity contribution >= 4 is 28.2 Å². The van der Waals surface area contributed by atoms with Gasteiger partial charge in [0.1, 0.15) is 18.0 Å². The summed E-state index contributed by atoms with van der Waals surface area (Å²) in [5.74, 6) is 1.25. The van der Waals surface area contributed by atoms with Crippen LogP contribution in [0.15, 0.2) is 78.1 Å². The second-order valence-corrected chi connectivity index (χ2v) is 9.66. The summed E-state index contributed by atoms with van der Waals surface area (Å²) in [5, 5.41) is 13.9. The molecular formula is C27H20ClN9O. The predicted octanol–water partition coefficient (Wildman–Crippen LogP) is 4.20. The maximum Gasteiger partial charge on any atom is 0.252 e. The highest BCUT2D eigenvalue weighted by molar-refractivity contribution is 6.31. The Morgan fingerprint density at radius 1 is 1.03 bits per heavy atom. The Balaban J connectivity index is 1.25. The Hall–Kier alpha value is -4.83. The number of fused-ring (bicyclic) bond motifs is 2. The summed E-state index contributed by atoms with van der Waals surface area (Å²) in [6.45, 7) is 0. The van der Waals surface area contributed by atoms with Crippen LogP contribution in [0.1, 0.15) is 24.0 Å². The molecule has 11 heteroatoms. The Morgan fingerprint density at radius 3 is 2.82 bits per heavy atom. The van der Waals surface area contributed by atoms with E-state index in [9.17, 15) is 4.79 Å². The first-order valence-electron chi connectivity index (χ1n) is 12.0. The van der Waals surface area contributed by atoms with Crippen LogP contribution in [0, 0.1) is 0 Å². The van der Waals surface area contributed by atoms with Gasteiger partial charge in [-0.25, -0.2) is 9.97 Å². The number of hydrogen-bond acceptors (Lipinski definition) is 7. The Labute approximate surface area is 220 Å². The first-order chi connectivity index (χ1) is 18.5. The highest BCUT2D eigenvalue weighted by Crippen LogP contribution is 2.34. The maximum atomic E-state index is 13.5. The van der Waals surface area contributed by atoms with Gasteiger partial charge in [-0.3, -0.25) is 4.79 Å². The standard InChI is InChI=1S/C27H20ClN9O/c28-18-2-5-23(36-14-32-34-35-36)21(12-18)17-10-19-3-6-24(37(19)25(38)11-17)27-31-13-22(33-27)16-1-4-20-15(9-16)7-8-30-26(20)29/h1-2,4-5,7-14,24H,3,6H2,(H2,29,30)(H,31,33)/t24-/m0/s1. The van der Waals surface area contributed by atoms with E-state index in [1.807, 2.05) is 47.2 Å². The fraction of sp³-hybridized carbons (Fsp3) is 0.111. The molecule has 0 unspecified atom stereocenters. The summed E-state index contributed by atoms with van der Waals surface area (Å²) in [4.78, 5) is 25.7. The summed E-state index contributed by atoms with van der Waals surface area (Å²) in [6, 6.07) is 16.9. The highest BCUT2D eigenvalue weighted by Gasteiger charge is 2.28. The summed E-state index contributed by atoms with van der Waals surface area (Å²) in [7, 11) is 0. The molecule has 1 aliphatic rings. The molecule has 10 nitrogen and oxygen atoms in total. The van der Waals surface area contributed by atoms with Crippen molar-refractivity contribution in [2.24, 2.45) is 0 Å². The maximum absolute atomic E-state index is 13.5. The van der Waals surface area contributed by atoms with Gasteiger partial charge >= 0.3 is 0 Å². The fourth-order valence-electron chi connectivity index (χ4n) is 5.24. The molecule has 38 heavy (non-hydrogen) atoms. The van der Waals surface area contributed by atoms with Crippen molar-refractivity contribution in [3.05, 3.63) is 100 Å². The van der Waals surface area contributed by atoms with Crippen molar-refractivity contribution in [2.75, 3.05) is 5.73 Å². The molecule has 0 fully saturated rings. The van der Waals surface area contributed by atoms with Crippen LogP contribution in [-0.2, 0) is 6.42 Å². The van der Waals surface area contributed by atoms with Crippen LogP contribution in [0.25, 0.3) is 38.8 Å². The van der Waals surface area contributed by atoms with E-state index in [-0.39, 0.29) is 11.6 Å². The van der Waals surface area contributed by atoms with Crippen molar-refractivity contribution in [1.82, 2.24) is 39.7 Å². The van der Waals surface area contributed by atoms with Crippen LogP contribution in [0.5, 0.6) is 0 Å². The number of nitrogens with two attached hydrogens (primary N) is 1. The zero-order chi connectivity index (χ0) is 25.8. The van der Waals surface area contributed by atoms with Crippen LogP contribution in [0.4, 0.5) is 5.82 Å². The van der Waals surface area contributed by atoms with Gasteiger partial charge in [0.05, 0.1) is 23.6 Å². The zero-order valence-electron chi connectivity index (χ0n) is 19.9. The number of H-pyrrole nitrogens is 1. The molecule has 4 aromatic heterocycles. The number of anilines is 1. The van der Waals surface area contributed by atoms with Crippen LogP contribution in [-0.4, -0.2) is 39.7 Å². The number of aromatic nitrogens is 8. The number of tetrazole rings is 1. The third kappa shape index (κ3) is 3.65. The number of nitrogens with one attached hydrogen (secondary N) is 1. The lowest BCUT2D eigenvalue weighted by Crippen LogP contribution is -2.23. The van der Waals surface area contributed by atoms with Gasteiger partial charge in [0.15, 0.2) is 0 Å². The van der Waals surface area contributed by atoms with Gasteiger partial charge in [0.2, 0.25) is 0 Å². The van der Waals surface area contributed by atoms with Crippen LogP contribution < -0.4 is 11.3 Å². The van der Waals surface area contributed by atoms with Crippen molar-refractivity contribution in [2.45, 2.75) is 18.9 Å². The van der Waals surface area contributed by atoms with E-state index < -0.39 is 0 Å². The minimum atomic E-state index is -0.182. The lowest BCUT2D eigenvalue weighted by Gasteiger charge is -2.15. The fourth-order valence-corrected chi connectivity index (χ4v) is 5.41. The number of benzene rings is 2. The van der Waals surface area contributed by atoms with Crippen molar-refractivity contribution < 1.29 is 0 Å². The molecular weight excluding hydrogens is 502 g/mol. The van der Waals surface area contributed by atoms with E-state index in [2.05, 4.69) is 36.5 Å². The van der Waals surface area contributed by atoms with Crippen LogP contribution in [0.2, 0.25) is 5.02 Å². The largest absolute Gasteiger partial charge is 0.383 e. The second-order valence-electron chi connectivity index (χ2n) is 9.23. The molecule has 7 rings (SSSR count). The molecule has 1 aliphatic heterocycles. The molecule has 0 radical (unpaired) electrons. The number of halogens is 1. The summed E-state index contributed by atoms with van der Waals surface area (Å²) in [6.07, 6.45) is 6.53. The number of rotatable bonds is 4. The summed E-state index contributed by atoms with van der Waals surface area (Å²) in [5.41, 5.74) is 11.0. The SMILES string of the molecule is Nc1nccc2cc(-c3cnc([C@@H]4CCc5cc(-c6cc(Cl)ccc6-n6cnnn6)cc(=O)n54)[nH]3)ccc12. The normalized spacial score (nSPS) is 14.7. The first kappa shape index (κ1) is 22.4. The van der Waals surface area contributed by atoms with Gasteiger partial charge < -0.3 is 15.3 Å². The molecule has 0 saturated carbocycles. The third-order valence-electron chi connectivity index (χ3n) is 7.02. The van der Waals surface area contributed by atoms with E-state index in [4.69, 9.17) is 17.3 Å². The lowest BCUT2D eigenvalue weighted by atomic mass is 10.0. The van der Waals surface area contributed by atoms with Crippen LogP contribution in [0.3, 0.4) is 0 Å².